The molecule has 2 heterocycles. The molecule has 26 heavy (non-hydrogen) atoms. The van der Waals surface area contributed by atoms with Crippen LogP contribution >= 0.6 is 0 Å². The Hall–Kier alpha value is -0.750. The van der Waals surface area contributed by atoms with E-state index in [-0.39, 0.29) is 24.6 Å². The normalized spacial score (nSPS) is 39.5. The number of hydrogen-bond donors (Lipinski definition) is 2. The molecule has 0 radical (unpaired) electrons. The lowest BCUT2D eigenvalue weighted by molar-refractivity contribution is -0.126. The summed E-state index contributed by atoms with van der Waals surface area (Å²) in [6, 6.07) is 0. The monoisotopic (exact) mass is 366 g/mol. The van der Waals surface area contributed by atoms with Crippen LogP contribution in [0.2, 0.25) is 0 Å². The first-order valence-electron chi connectivity index (χ1n) is 10.4. The Kier molecular flexibility index (Phi) is 6.89. The maximum atomic E-state index is 12.8. The summed E-state index contributed by atoms with van der Waals surface area (Å²) in [4.78, 5) is 12.8. The van der Waals surface area contributed by atoms with Gasteiger partial charge in [-0.1, -0.05) is 52.0 Å². The molecule has 148 valence electrons. The molecule has 3 aliphatic rings. The largest absolute Gasteiger partial charge is 0.394 e. The first-order chi connectivity index (χ1) is 12.6. The Morgan fingerprint density at radius 1 is 1.12 bits per heavy atom. The highest BCUT2D eigenvalue weighted by Gasteiger charge is 2.58. The van der Waals surface area contributed by atoms with Gasteiger partial charge in [-0.15, -0.1) is 0 Å². The van der Waals surface area contributed by atoms with Gasteiger partial charge in [0.05, 0.1) is 6.61 Å². The first-order valence-corrected chi connectivity index (χ1v) is 10.4. The number of ketones is 1. The standard InChI is InChI=1S/C21H34O5/c1-3-5-6-7-8-9-14-11-16(23)15(10-13(14)4-2)19-18(24)21-20(26-21)17(12-22)25-19/h10,13-14,17-22,24H,3-9,11-12H2,1-2H3/t13-,14+,17?,18?,19?,20?,21?/m0/s1. The van der Waals surface area contributed by atoms with Gasteiger partial charge < -0.3 is 19.7 Å². The van der Waals surface area contributed by atoms with Crippen LogP contribution < -0.4 is 0 Å². The number of ether oxygens (including phenoxy) is 2. The van der Waals surface area contributed by atoms with E-state index in [0.717, 1.165) is 12.8 Å². The quantitative estimate of drug-likeness (QED) is 0.484. The van der Waals surface area contributed by atoms with Gasteiger partial charge in [-0.25, -0.2) is 0 Å². The van der Waals surface area contributed by atoms with Crippen molar-refractivity contribution in [1.29, 1.82) is 0 Å². The minimum atomic E-state index is -0.818. The summed E-state index contributed by atoms with van der Waals surface area (Å²) >= 11 is 0. The Labute approximate surface area is 156 Å². The highest BCUT2D eigenvalue weighted by Crippen LogP contribution is 2.42. The molecule has 0 spiro atoms. The molecule has 0 aromatic rings. The van der Waals surface area contributed by atoms with Crippen molar-refractivity contribution in [2.45, 2.75) is 95.7 Å². The van der Waals surface area contributed by atoms with Crippen molar-refractivity contribution in [2.75, 3.05) is 6.61 Å². The molecule has 2 fully saturated rings. The maximum Gasteiger partial charge on any atom is 0.161 e. The SMILES string of the molecule is CCCCCCC[C@@H]1CC(=O)C(C2OC(CO)C3OC3C2O)=C[C@@H]1CC. The molecule has 1 aliphatic carbocycles. The van der Waals surface area contributed by atoms with Crippen LogP contribution in [-0.4, -0.2) is 53.1 Å². The third-order valence-electron chi connectivity index (χ3n) is 6.30. The third-order valence-corrected chi connectivity index (χ3v) is 6.30. The van der Waals surface area contributed by atoms with E-state index in [1.165, 1.54) is 32.1 Å². The number of Topliss-reactive ketones (excluding diaryl/α,β-unsaturated/α-hetero) is 1. The second kappa shape index (κ2) is 8.96. The molecule has 0 saturated carbocycles. The summed E-state index contributed by atoms with van der Waals surface area (Å²) in [5, 5.41) is 20.0. The number of epoxide rings is 1. The Balaban J connectivity index is 1.63. The van der Waals surface area contributed by atoms with Gasteiger partial charge in [0.1, 0.15) is 30.5 Å². The summed E-state index contributed by atoms with van der Waals surface area (Å²) in [5.74, 6) is 0.848. The fourth-order valence-corrected chi connectivity index (χ4v) is 4.63. The second-order valence-corrected chi connectivity index (χ2v) is 8.12. The molecule has 5 heteroatoms. The zero-order valence-electron chi connectivity index (χ0n) is 16.1. The van der Waals surface area contributed by atoms with Crippen molar-refractivity contribution in [1.82, 2.24) is 0 Å². The molecule has 5 nitrogen and oxygen atoms in total. The number of aliphatic hydroxyl groups is 2. The van der Waals surface area contributed by atoms with E-state index in [4.69, 9.17) is 9.47 Å². The van der Waals surface area contributed by atoms with E-state index < -0.39 is 18.3 Å². The fourth-order valence-electron chi connectivity index (χ4n) is 4.63. The molecular weight excluding hydrogens is 332 g/mol. The highest BCUT2D eigenvalue weighted by atomic mass is 16.7. The van der Waals surface area contributed by atoms with E-state index in [0.29, 0.717) is 23.8 Å². The van der Waals surface area contributed by atoms with Crippen LogP contribution in [0.3, 0.4) is 0 Å². The number of unbranched alkanes of at least 4 members (excludes halogenated alkanes) is 4. The van der Waals surface area contributed by atoms with Crippen molar-refractivity contribution in [3.05, 3.63) is 11.6 Å². The lowest BCUT2D eigenvalue weighted by Gasteiger charge is -2.36. The molecule has 0 aromatic heterocycles. The summed E-state index contributed by atoms with van der Waals surface area (Å²) < 4.78 is 11.3. The molecule has 2 saturated heterocycles. The van der Waals surface area contributed by atoms with Gasteiger partial charge in [-0.05, 0) is 24.7 Å². The van der Waals surface area contributed by atoms with Crippen LogP contribution in [0.15, 0.2) is 11.6 Å². The van der Waals surface area contributed by atoms with Crippen molar-refractivity contribution in [2.24, 2.45) is 11.8 Å². The molecule has 2 aliphatic heterocycles. The minimum Gasteiger partial charge on any atom is -0.394 e. The van der Waals surface area contributed by atoms with Crippen molar-refractivity contribution < 1.29 is 24.5 Å². The molecule has 7 atom stereocenters. The summed E-state index contributed by atoms with van der Waals surface area (Å²) in [5.41, 5.74) is 0.596. The smallest absolute Gasteiger partial charge is 0.161 e. The van der Waals surface area contributed by atoms with E-state index in [1.807, 2.05) is 6.08 Å². The van der Waals surface area contributed by atoms with E-state index in [9.17, 15) is 15.0 Å². The zero-order valence-corrected chi connectivity index (χ0v) is 16.1. The molecule has 3 rings (SSSR count). The van der Waals surface area contributed by atoms with Gasteiger partial charge in [0.15, 0.2) is 5.78 Å². The number of allylic oxidation sites excluding steroid dienone is 1. The maximum absolute atomic E-state index is 12.8. The van der Waals surface area contributed by atoms with E-state index in [2.05, 4.69) is 13.8 Å². The average molecular weight is 366 g/mol. The Bertz CT molecular complexity index is 517. The van der Waals surface area contributed by atoms with E-state index >= 15 is 0 Å². The lowest BCUT2D eigenvalue weighted by atomic mass is 9.74. The molecule has 5 unspecified atom stereocenters. The zero-order chi connectivity index (χ0) is 18.7. The number of rotatable bonds is 9. The third kappa shape index (κ3) is 4.22. The predicted octanol–water partition coefficient (Wildman–Crippen LogP) is 2.78. The summed E-state index contributed by atoms with van der Waals surface area (Å²) in [7, 11) is 0. The molecule has 0 bridgehead atoms. The first kappa shape index (κ1) is 20.0. The van der Waals surface area contributed by atoms with Gasteiger partial charge in [-0.3, -0.25) is 4.79 Å². The topological polar surface area (TPSA) is 79.3 Å². The van der Waals surface area contributed by atoms with Gasteiger partial charge in [-0.2, -0.15) is 0 Å². The lowest BCUT2D eigenvalue weighted by Crippen LogP contribution is -2.49. The molecule has 2 N–H and O–H groups in total. The van der Waals surface area contributed by atoms with Crippen LogP contribution in [-0.2, 0) is 14.3 Å². The van der Waals surface area contributed by atoms with Crippen LogP contribution in [0.1, 0.15) is 65.2 Å². The van der Waals surface area contributed by atoms with E-state index in [1.54, 1.807) is 0 Å². The highest BCUT2D eigenvalue weighted by molar-refractivity contribution is 5.97. The molecule has 0 aromatic carbocycles. The molecule has 0 amide bonds. The summed E-state index contributed by atoms with van der Waals surface area (Å²) in [6.45, 7) is 4.23. The van der Waals surface area contributed by atoms with Crippen molar-refractivity contribution >= 4 is 5.78 Å². The van der Waals surface area contributed by atoms with Crippen LogP contribution in [0.25, 0.3) is 0 Å². The van der Waals surface area contributed by atoms with Gasteiger partial charge in [0, 0.05) is 12.0 Å². The second-order valence-electron chi connectivity index (χ2n) is 8.12. The average Bonchev–Trinajstić information content (AvgIpc) is 3.44. The van der Waals surface area contributed by atoms with Crippen molar-refractivity contribution in [3.63, 3.8) is 0 Å². The van der Waals surface area contributed by atoms with Crippen molar-refractivity contribution in [3.8, 4) is 0 Å². The Morgan fingerprint density at radius 3 is 2.58 bits per heavy atom. The van der Waals surface area contributed by atoms with Gasteiger partial charge in [0.2, 0.25) is 0 Å². The fraction of sp³-hybridized carbons (Fsp3) is 0.857. The number of aliphatic hydroxyl groups excluding tert-OH is 2. The summed E-state index contributed by atoms with van der Waals surface area (Å²) in [6.07, 6.45) is 8.46. The number of carbonyl (C=O) groups excluding carboxylic acids is 1. The van der Waals surface area contributed by atoms with Crippen LogP contribution in [0, 0.1) is 11.8 Å². The minimum absolute atomic E-state index is 0.0908. The number of carbonyl (C=O) groups is 1. The van der Waals surface area contributed by atoms with Gasteiger partial charge >= 0.3 is 0 Å². The number of fused-ring (bicyclic) bond motifs is 1. The number of hydrogen-bond acceptors (Lipinski definition) is 5. The predicted molar refractivity (Wildman–Crippen MR) is 98.8 cm³/mol. The van der Waals surface area contributed by atoms with Crippen LogP contribution in [0.4, 0.5) is 0 Å². The Morgan fingerprint density at radius 2 is 1.88 bits per heavy atom. The van der Waals surface area contributed by atoms with Gasteiger partial charge in [0.25, 0.3) is 0 Å². The molecular formula is C21H34O5. The van der Waals surface area contributed by atoms with Crippen LogP contribution in [0.5, 0.6) is 0 Å².